The maximum Gasteiger partial charge on any atom is 0.143 e. The highest BCUT2D eigenvalue weighted by molar-refractivity contribution is 5.95. The molecule has 6 nitrogen and oxygen atoms in total. The molecule has 0 aromatic heterocycles. The van der Waals surface area contributed by atoms with Crippen LogP contribution in [0.15, 0.2) is 29.4 Å². The van der Waals surface area contributed by atoms with Crippen molar-refractivity contribution in [3.63, 3.8) is 0 Å². The molecule has 0 fully saturated rings. The second-order valence-corrected chi connectivity index (χ2v) is 2.36. The van der Waals surface area contributed by atoms with Gasteiger partial charge in [0.2, 0.25) is 0 Å². The molecule has 0 aliphatic carbocycles. The first kappa shape index (κ1) is 14.3. The molecule has 0 saturated carbocycles. The fraction of sp³-hybridized carbons (Fsp3) is 0.286. The Hall–Kier alpha value is -1.21. The van der Waals surface area contributed by atoms with E-state index in [0.29, 0.717) is 0 Å². The summed E-state index contributed by atoms with van der Waals surface area (Å²) in [4.78, 5) is 4.27. The van der Waals surface area contributed by atoms with Crippen molar-refractivity contribution >= 4 is 5.84 Å². The van der Waals surface area contributed by atoms with Gasteiger partial charge in [-0.25, -0.2) is 4.99 Å². The van der Waals surface area contributed by atoms with Crippen LogP contribution in [0.25, 0.3) is 0 Å². The number of hydrazine groups is 1. The summed E-state index contributed by atoms with van der Waals surface area (Å²) in [5, 5.41) is 4.08. The van der Waals surface area contributed by atoms with Crippen molar-refractivity contribution < 1.29 is 16.4 Å². The molecule has 6 N–H and O–H groups in total. The number of hydrogen-bond acceptors (Lipinski definition) is 3. The van der Waals surface area contributed by atoms with Crippen LogP contribution in [0.1, 0.15) is 0 Å². The first-order valence-corrected chi connectivity index (χ1v) is 3.27. The van der Waals surface area contributed by atoms with E-state index >= 15 is 0 Å². The predicted octanol–water partition coefficient (Wildman–Crippen LogP) is -1.89. The first-order valence-electron chi connectivity index (χ1n) is 3.27. The third-order valence-corrected chi connectivity index (χ3v) is 1.62. The molecule has 0 radical (unpaired) electrons. The van der Waals surface area contributed by atoms with Gasteiger partial charge in [-0.1, -0.05) is 6.08 Å². The third kappa shape index (κ3) is 2.36. The van der Waals surface area contributed by atoms with Crippen LogP contribution >= 0.6 is 0 Å². The number of allylic oxidation sites excluding steroid dienone is 2. The summed E-state index contributed by atoms with van der Waals surface area (Å²) in [6.45, 7) is 0.768. The maximum absolute atomic E-state index is 4.27. The maximum atomic E-state index is 4.27. The number of aliphatic imine (C=N–C) groups is 1. The van der Waals surface area contributed by atoms with E-state index in [-0.39, 0.29) is 16.4 Å². The lowest BCUT2D eigenvalue weighted by Gasteiger charge is -2.22. The number of nitrogens with zero attached hydrogens (tertiary/aromatic N) is 3. The van der Waals surface area contributed by atoms with Crippen LogP contribution < -0.4 is 0 Å². The predicted molar refractivity (Wildman–Crippen MR) is 51.0 cm³/mol. The van der Waals surface area contributed by atoms with Gasteiger partial charge in [0.1, 0.15) is 12.5 Å². The molecule has 6 heteroatoms. The molecule has 0 unspecified atom stereocenters. The molecule has 2 rings (SSSR count). The average molecular weight is 189 g/mol. The summed E-state index contributed by atoms with van der Waals surface area (Å²) in [5.74, 6) is 1.03. The van der Waals surface area contributed by atoms with E-state index in [1.165, 1.54) is 0 Å². The lowest BCUT2D eigenvalue weighted by molar-refractivity contribution is 0.160. The quantitative estimate of drug-likeness (QED) is 0.443. The second kappa shape index (κ2) is 5.44. The van der Waals surface area contributed by atoms with E-state index in [1.54, 1.807) is 0 Å². The minimum Gasteiger partial charge on any atom is -0.412 e. The van der Waals surface area contributed by atoms with Gasteiger partial charge in [-0.3, -0.25) is 5.01 Å². The number of rotatable bonds is 0. The van der Waals surface area contributed by atoms with Crippen LogP contribution in [0.3, 0.4) is 0 Å². The minimum atomic E-state index is 0. The van der Waals surface area contributed by atoms with Gasteiger partial charge in [0.15, 0.2) is 0 Å². The highest BCUT2D eigenvalue weighted by Crippen LogP contribution is 2.10. The van der Waals surface area contributed by atoms with Gasteiger partial charge in [0.05, 0.1) is 0 Å². The van der Waals surface area contributed by atoms with E-state index < -0.39 is 0 Å². The first-order chi connectivity index (χ1) is 4.88. The Kier molecular flexibility index (Phi) is 5.99. The van der Waals surface area contributed by atoms with Crippen molar-refractivity contribution in [2.75, 3.05) is 13.7 Å². The van der Waals surface area contributed by atoms with Gasteiger partial charge in [0, 0.05) is 13.2 Å². The van der Waals surface area contributed by atoms with Crippen molar-refractivity contribution in [1.82, 2.24) is 10.0 Å². The van der Waals surface area contributed by atoms with E-state index in [4.69, 9.17) is 0 Å². The van der Waals surface area contributed by atoms with Gasteiger partial charge in [-0.15, -0.1) is 0 Å². The monoisotopic (exact) mass is 189 g/mol. The van der Waals surface area contributed by atoms with Crippen LogP contribution in [0, 0.1) is 0 Å². The zero-order valence-corrected chi connectivity index (χ0v) is 7.36. The van der Waals surface area contributed by atoms with Gasteiger partial charge in [-0.2, -0.15) is 5.01 Å². The van der Waals surface area contributed by atoms with E-state index in [9.17, 15) is 0 Å². The van der Waals surface area contributed by atoms with Crippen LogP contribution in [0.4, 0.5) is 0 Å². The Morgan fingerprint density at radius 3 is 2.54 bits per heavy atom. The molecule has 2 heterocycles. The number of fused-ring (bicyclic) bond motifs is 1. The van der Waals surface area contributed by atoms with Crippen LogP contribution in [0.2, 0.25) is 0 Å². The molecule has 0 aromatic rings. The molecule has 0 spiro atoms. The van der Waals surface area contributed by atoms with Crippen LogP contribution in [0.5, 0.6) is 0 Å². The summed E-state index contributed by atoms with van der Waals surface area (Å²) in [5.41, 5.74) is 0. The molecule has 0 atom stereocenters. The van der Waals surface area contributed by atoms with Gasteiger partial charge >= 0.3 is 0 Å². The van der Waals surface area contributed by atoms with Crippen molar-refractivity contribution in [1.29, 1.82) is 0 Å². The summed E-state index contributed by atoms with van der Waals surface area (Å²) in [6.07, 6.45) is 8.00. The molecule has 0 amide bonds. The van der Waals surface area contributed by atoms with Gasteiger partial charge in [0.25, 0.3) is 0 Å². The largest absolute Gasteiger partial charge is 0.412 e. The topological polar surface area (TPSA) is 113 Å². The smallest absolute Gasteiger partial charge is 0.143 e. The number of hydrogen-bond donors (Lipinski definition) is 0. The van der Waals surface area contributed by atoms with Gasteiger partial charge in [-0.05, 0) is 12.2 Å². The Balaban J connectivity index is 0. The molecule has 0 saturated heterocycles. The Morgan fingerprint density at radius 2 is 1.92 bits per heavy atom. The third-order valence-electron chi connectivity index (χ3n) is 1.62. The summed E-state index contributed by atoms with van der Waals surface area (Å²) >= 11 is 0. The Morgan fingerprint density at radius 1 is 1.23 bits per heavy atom. The fourth-order valence-corrected chi connectivity index (χ4v) is 1.08. The zero-order valence-electron chi connectivity index (χ0n) is 7.36. The normalized spacial score (nSPS) is 17.9. The zero-order chi connectivity index (χ0) is 6.97. The highest BCUT2D eigenvalue weighted by Gasteiger charge is 2.18. The number of amidine groups is 1. The van der Waals surface area contributed by atoms with E-state index in [0.717, 1.165) is 12.5 Å². The van der Waals surface area contributed by atoms with Crippen LogP contribution in [-0.2, 0) is 0 Å². The van der Waals surface area contributed by atoms with Crippen molar-refractivity contribution in [2.45, 2.75) is 0 Å². The van der Waals surface area contributed by atoms with Crippen LogP contribution in [-0.4, -0.2) is 46.0 Å². The summed E-state index contributed by atoms with van der Waals surface area (Å²) in [6, 6.07) is 0. The lowest BCUT2D eigenvalue weighted by Crippen LogP contribution is -2.33. The molecular formula is C7H15N3O3. The fourth-order valence-electron chi connectivity index (χ4n) is 1.08. The Bertz CT molecular complexity index is 237. The molecule has 76 valence electrons. The second-order valence-electron chi connectivity index (χ2n) is 2.36. The molecule has 2 aliphatic heterocycles. The summed E-state index contributed by atoms with van der Waals surface area (Å²) < 4.78 is 0. The van der Waals surface area contributed by atoms with Crippen molar-refractivity contribution in [3.05, 3.63) is 24.4 Å². The van der Waals surface area contributed by atoms with Crippen molar-refractivity contribution in [3.8, 4) is 0 Å². The lowest BCUT2D eigenvalue weighted by atomic mass is 10.4. The molecule has 0 aromatic carbocycles. The highest BCUT2D eigenvalue weighted by atomic mass is 16.0. The molecular weight excluding hydrogens is 174 g/mol. The minimum absolute atomic E-state index is 0. The summed E-state index contributed by atoms with van der Waals surface area (Å²) in [7, 11) is 2.01. The average Bonchev–Trinajstić information content (AvgIpc) is 2.34. The van der Waals surface area contributed by atoms with E-state index in [2.05, 4.69) is 10.0 Å². The molecule has 0 bridgehead atoms. The Labute approximate surface area is 76.4 Å². The van der Waals surface area contributed by atoms with E-state index in [1.807, 2.05) is 36.5 Å². The SMILES string of the molecule is CN1CN=C2C=CC=CN21.O.O.O. The van der Waals surface area contributed by atoms with Crippen molar-refractivity contribution in [2.24, 2.45) is 4.99 Å². The van der Waals surface area contributed by atoms with Gasteiger partial charge < -0.3 is 16.4 Å². The standard InChI is InChI=1S/C7H9N3.3H2O/c1-9-6-8-7-4-2-3-5-10(7)9;;;/h2-5H,6H2,1H3;3*1H2. The molecule has 2 aliphatic rings. The molecule has 13 heavy (non-hydrogen) atoms.